The first-order chi connectivity index (χ1) is 12.1. The van der Waals surface area contributed by atoms with Crippen LogP contribution in [-0.2, 0) is 20.1 Å². The fourth-order valence-electron chi connectivity index (χ4n) is 3.45. The summed E-state index contributed by atoms with van der Waals surface area (Å²) in [5.41, 5.74) is 6.60. The van der Waals surface area contributed by atoms with E-state index in [1.165, 1.54) is 11.1 Å². The number of amides is 1. The number of carbonyl (C=O) groups excluding carboxylic acids is 1. The zero-order chi connectivity index (χ0) is 17.4. The lowest BCUT2D eigenvalue weighted by molar-refractivity contribution is 0.101. The fraction of sp³-hybridized carbons (Fsp3) is 0.200. The Bertz CT molecular complexity index is 944. The molecule has 0 bridgehead atoms. The van der Waals surface area contributed by atoms with Gasteiger partial charge in [-0.05, 0) is 24.1 Å². The van der Waals surface area contributed by atoms with Gasteiger partial charge in [0.2, 0.25) is 0 Å². The topological polar surface area (TPSA) is 59.0 Å². The smallest absolute Gasteiger partial charge is 0.274 e. The number of nitrogens with zero attached hydrogens (tertiary/aromatic N) is 2. The molecule has 25 heavy (non-hydrogen) atoms. The molecule has 3 aromatic rings. The molecular formula is C20H20N4O. The van der Waals surface area contributed by atoms with Crippen molar-refractivity contribution in [2.75, 3.05) is 5.32 Å². The molecule has 0 fully saturated rings. The molecule has 2 N–H and O–H groups in total. The summed E-state index contributed by atoms with van der Waals surface area (Å²) in [7, 11) is 1.81. The average Bonchev–Trinajstić information content (AvgIpc) is 3.20. The molecule has 4 rings (SSSR count). The second-order valence-electron chi connectivity index (χ2n) is 6.31. The predicted octanol–water partition coefficient (Wildman–Crippen LogP) is 3.25. The van der Waals surface area contributed by atoms with E-state index in [9.17, 15) is 4.79 Å². The molecule has 0 aliphatic carbocycles. The minimum atomic E-state index is -0.130. The summed E-state index contributed by atoms with van der Waals surface area (Å²) in [6, 6.07) is 16.0. The number of benzene rings is 2. The minimum Gasteiger partial charge on any atom is -0.320 e. The van der Waals surface area contributed by atoms with Gasteiger partial charge in [-0.1, -0.05) is 42.5 Å². The van der Waals surface area contributed by atoms with E-state index in [2.05, 4.69) is 21.8 Å². The van der Waals surface area contributed by atoms with E-state index >= 15 is 0 Å². The molecule has 0 saturated heterocycles. The molecule has 1 aromatic heterocycles. The molecule has 0 atom stereocenters. The molecule has 126 valence electrons. The maximum Gasteiger partial charge on any atom is 0.274 e. The maximum absolute atomic E-state index is 12.9. The van der Waals surface area contributed by atoms with Crippen LogP contribution in [0.1, 0.15) is 27.2 Å². The third kappa shape index (κ3) is 2.72. The lowest BCUT2D eigenvalue weighted by Gasteiger charge is -2.10. The van der Waals surface area contributed by atoms with Crippen molar-refractivity contribution in [3.05, 3.63) is 70.9 Å². The van der Waals surface area contributed by atoms with E-state index in [0.29, 0.717) is 5.69 Å². The van der Waals surface area contributed by atoms with Crippen molar-refractivity contribution in [1.29, 1.82) is 0 Å². The highest BCUT2D eigenvalue weighted by Crippen LogP contribution is 2.27. The summed E-state index contributed by atoms with van der Waals surface area (Å²) in [6.45, 7) is 3.58. The third-order valence-corrected chi connectivity index (χ3v) is 4.68. The molecule has 1 amide bonds. The van der Waals surface area contributed by atoms with Gasteiger partial charge in [-0.3, -0.25) is 9.48 Å². The van der Waals surface area contributed by atoms with Crippen LogP contribution >= 0.6 is 0 Å². The Kier molecular flexibility index (Phi) is 3.86. The molecule has 5 nitrogen and oxygen atoms in total. The summed E-state index contributed by atoms with van der Waals surface area (Å²) in [6.07, 6.45) is 0. The average molecular weight is 332 g/mol. The number of fused-ring (bicyclic) bond motifs is 1. The highest BCUT2D eigenvalue weighted by molar-refractivity contribution is 6.05. The van der Waals surface area contributed by atoms with Crippen LogP contribution < -0.4 is 10.6 Å². The zero-order valence-corrected chi connectivity index (χ0v) is 14.3. The number of rotatable bonds is 3. The Labute approximate surface area is 146 Å². The second-order valence-corrected chi connectivity index (χ2v) is 6.31. The number of nitrogens with one attached hydrogen (secondary N) is 2. The zero-order valence-electron chi connectivity index (χ0n) is 14.3. The van der Waals surface area contributed by atoms with E-state index in [1.54, 1.807) is 4.68 Å². The van der Waals surface area contributed by atoms with Gasteiger partial charge in [0, 0.05) is 37.0 Å². The molecule has 1 aliphatic rings. The van der Waals surface area contributed by atoms with Crippen LogP contribution in [0.5, 0.6) is 0 Å². The van der Waals surface area contributed by atoms with Gasteiger partial charge >= 0.3 is 0 Å². The van der Waals surface area contributed by atoms with Crippen LogP contribution in [0.4, 0.5) is 5.69 Å². The molecular weight excluding hydrogens is 312 g/mol. The van der Waals surface area contributed by atoms with Crippen LogP contribution in [0, 0.1) is 6.92 Å². The Morgan fingerprint density at radius 1 is 1.12 bits per heavy atom. The van der Waals surface area contributed by atoms with Gasteiger partial charge in [0.05, 0.1) is 5.69 Å². The van der Waals surface area contributed by atoms with E-state index in [1.807, 2.05) is 56.4 Å². The monoisotopic (exact) mass is 332 g/mol. The molecule has 0 saturated carbocycles. The quantitative estimate of drug-likeness (QED) is 0.774. The fourth-order valence-corrected chi connectivity index (χ4v) is 3.45. The molecule has 1 aliphatic heterocycles. The summed E-state index contributed by atoms with van der Waals surface area (Å²) < 4.78 is 1.66. The summed E-state index contributed by atoms with van der Waals surface area (Å²) >= 11 is 0. The molecule has 0 radical (unpaired) electrons. The van der Waals surface area contributed by atoms with Gasteiger partial charge in [0.15, 0.2) is 0 Å². The standard InChI is InChI=1S/C20H20N4O/c1-13-18(14-7-4-3-5-8-14)23-24(2)19(13)20(25)22-17-10-6-9-15-11-21-12-16(15)17/h3-10,21H,11-12H2,1-2H3,(H,22,25). The Morgan fingerprint density at radius 3 is 2.72 bits per heavy atom. The second kappa shape index (κ2) is 6.18. The first-order valence-corrected chi connectivity index (χ1v) is 8.37. The van der Waals surface area contributed by atoms with Gasteiger partial charge in [-0.15, -0.1) is 0 Å². The van der Waals surface area contributed by atoms with Crippen LogP contribution in [-0.4, -0.2) is 15.7 Å². The highest BCUT2D eigenvalue weighted by atomic mass is 16.2. The number of carbonyl (C=O) groups is 1. The first-order valence-electron chi connectivity index (χ1n) is 8.37. The predicted molar refractivity (Wildman–Crippen MR) is 98.3 cm³/mol. The van der Waals surface area contributed by atoms with Crippen molar-refractivity contribution in [2.24, 2.45) is 7.05 Å². The number of anilines is 1. The Morgan fingerprint density at radius 2 is 1.92 bits per heavy atom. The Hall–Kier alpha value is -2.92. The van der Waals surface area contributed by atoms with Crippen molar-refractivity contribution >= 4 is 11.6 Å². The maximum atomic E-state index is 12.9. The summed E-state index contributed by atoms with van der Waals surface area (Å²) in [5, 5.41) is 10.9. The number of hydrogen-bond donors (Lipinski definition) is 2. The number of aryl methyl sites for hydroxylation is 1. The third-order valence-electron chi connectivity index (χ3n) is 4.68. The SMILES string of the molecule is Cc1c(-c2ccccc2)nn(C)c1C(=O)Nc1cccc2c1CNC2. The Balaban J connectivity index is 1.68. The van der Waals surface area contributed by atoms with Crippen molar-refractivity contribution in [2.45, 2.75) is 20.0 Å². The minimum absolute atomic E-state index is 0.130. The first kappa shape index (κ1) is 15.6. The highest BCUT2D eigenvalue weighted by Gasteiger charge is 2.22. The molecule has 5 heteroatoms. The molecule has 0 spiro atoms. The van der Waals surface area contributed by atoms with Crippen molar-refractivity contribution in [3.63, 3.8) is 0 Å². The molecule has 0 unspecified atom stereocenters. The normalized spacial score (nSPS) is 12.9. The van der Waals surface area contributed by atoms with Gasteiger partial charge in [-0.25, -0.2) is 0 Å². The van der Waals surface area contributed by atoms with Crippen molar-refractivity contribution in [1.82, 2.24) is 15.1 Å². The largest absolute Gasteiger partial charge is 0.320 e. The summed E-state index contributed by atoms with van der Waals surface area (Å²) in [5.74, 6) is -0.130. The van der Waals surface area contributed by atoms with E-state index in [-0.39, 0.29) is 5.91 Å². The van der Waals surface area contributed by atoms with Crippen LogP contribution in [0.3, 0.4) is 0 Å². The van der Waals surface area contributed by atoms with Gasteiger partial charge in [-0.2, -0.15) is 5.10 Å². The van der Waals surface area contributed by atoms with Crippen molar-refractivity contribution in [3.8, 4) is 11.3 Å². The lowest BCUT2D eigenvalue weighted by Crippen LogP contribution is -2.18. The molecule has 2 heterocycles. The van der Waals surface area contributed by atoms with Crippen LogP contribution in [0.25, 0.3) is 11.3 Å². The van der Waals surface area contributed by atoms with Gasteiger partial charge in [0.25, 0.3) is 5.91 Å². The van der Waals surface area contributed by atoms with E-state index in [0.717, 1.165) is 35.6 Å². The number of aromatic nitrogens is 2. The summed E-state index contributed by atoms with van der Waals surface area (Å²) in [4.78, 5) is 12.9. The van der Waals surface area contributed by atoms with Crippen molar-refractivity contribution < 1.29 is 4.79 Å². The van der Waals surface area contributed by atoms with Gasteiger partial charge < -0.3 is 10.6 Å². The van der Waals surface area contributed by atoms with Crippen LogP contribution in [0.2, 0.25) is 0 Å². The van der Waals surface area contributed by atoms with E-state index < -0.39 is 0 Å². The number of hydrogen-bond acceptors (Lipinski definition) is 3. The molecule has 2 aromatic carbocycles. The van der Waals surface area contributed by atoms with Crippen LogP contribution in [0.15, 0.2) is 48.5 Å². The lowest BCUT2D eigenvalue weighted by atomic mass is 10.1. The van der Waals surface area contributed by atoms with E-state index in [4.69, 9.17) is 0 Å². The van der Waals surface area contributed by atoms with Gasteiger partial charge in [0.1, 0.15) is 5.69 Å².